The summed E-state index contributed by atoms with van der Waals surface area (Å²) in [6, 6.07) is 8.78. The van der Waals surface area contributed by atoms with Gasteiger partial charge in [-0.1, -0.05) is 37.6 Å². The third kappa shape index (κ3) is 3.57. The van der Waals surface area contributed by atoms with Crippen molar-refractivity contribution in [2.75, 3.05) is 19.6 Å². The Morgan fingerprint density at radius 2 is 1.88 bits per heavy atom. The average molecular weight is 230 g/mol. The molecule has 0 aliphatic carbocycles. The lowest BCUT2D eigenvalue weighted by atomic mass is 9.94. The van der Waals surface area contributed by atoms with E-state index in [1.807, 2.05) is 0 Å². The van der Waals surface area contributed by atoms with E-state index >= 15 is 0 Å². The molecule has 0 amide bonds. The molecule has 1 unspecified atom stereocenters. The van der Waals surface area contributed by atoms with Crippen LogP contribution in [0, 0.1) is 25.2 Å². The Bertz CT molecular complexity index is 400. The minimum atomic E-state index is -0.0181. The van der Waals surface area contributed by atoms with Crippen molar-refractivity contribution in [2.45, 2.75) is 33.6 Å². The number of benzene rings is 1. The third-order valence-corrected chi connectivity index (χ3v) is 3.29. The first-order valence-corrected chi connectivity index (χ1v) is 6.31. The van der Waals surface area contributed by atoms with Crippen LogP contribution in [0.5, 0.6) is 0 Å². The van der Waals surface area contributed by atoms with Crippen LogP contribution in [-0.2, 0) is 0 Å². The van der Waals surface area contributed by atoms with Crippen molar-refractivity contribution >= 4 is 0 Å². The molecule has 0 heterocycles. The van der Waals surface area contributed by atoms with Crippen LogP contribution < -0.4 is 0 Å². The van der Waals surface area contributed by atoms with Crippen LogP contribution in [-0.4, -0.2) is 24.5 Å². The van der Waals surface area contributed by atoms with E-state index in [1.54, 1.807) is 0 Å². The molecule has 0 N–H and O–H groups in total. The molecular formula is C15H22N2. The van der Waals surface area contributed by atoms with Gasteiger partial charge in [0.05, 0.1) is 12.0 Å². The molecule has 1 atom stereocenters. The molecule has 0 spiro atoms. The van der Waals surface area contributed by atoms with Crippen molar-refractivity contribution in [3.63, 3.8) is 0 Å². The number of rotatable bonds is 5. The second-order valence-corrected chi connectivity index (χ2v) is 4.53. The normalized spacial score (nSPS) is 12.5. The predicted octanol–water partition coefficient (Wildman–Crippen LogP) is 3.25. The van der Waals surface area contributed by atoms with Crippen LogP contribution in [0.4, 0.5) is 0 Å². The van der Waals surface area contributed by atoms with Gasteiger partial charge in [0.15, 0.2) is 0 Å². The van der Waals surface area contributed by atoms with Crippen molar-refractivity contribution in [1.29, 1.82) is 5.26 Å². The Morgan fingerprint density at radius 1 is 1.24 bits per heavy atom. The zero-order chi connectivity index (χ0) is 12.8. The van der Waals surface area contributed by atoms with E-state index in [2.05, 4.69) is 56.9 Å². The zero-order valence-corrected chi connectivity index (χ0v) is 11.3. The van der Waals surface area contributed by atoms with E-state index in [0.717, 1.165) is 19.6 Å². The van der Waals surface area contributed by atoms with Gasteiger partial charge < -0.3 is 4.90 Å². The van der Waals surface area contributed by atoms with Crippen LogP contribution in [0.2, 0.25) is 0 Å². The van der Waals surface area contributed by atoms with Crippen LogP contribution >= 0.6 is 0 Å². The summed E-state index contributed by atoms with van der Waals surface area (Å²) in [4.78, 5) is 2.30. The molecule has 0 aromatic heterocycles. The highest BCUT2D eigenvalue weighted by molar-refractivity contribution is 5.36. The lowest BCUT2D eigenvalue weighted by molar-refractivity contribution is 0.298. The van der Waals surface area contributed by atoms with Crippen LogP contribution in [0.1, 0.15) is 36.5 Å². The molecule has 17 heavy (non-hydrogen) atoms. The molecule has 0 fully saturated rings. The molecule has 2 nitrogen and oxygen atoms in total. The summed E-state index contributed by atoms with van der Waals surface area (Å²) >= 11 is 0. The van der Waals surface area contributed by atoms with Crippen LogP contribution in [0.25, 0.3) is 0 Å². The molecule has 1 aromatic carbocycles. The molecule has 0 aliphatic heterocycles. The molecule has 0 saturated carbocycles. The van der Waals surface area contributed by atoms with Gasteiger partial charge in [-0.25, -0.2) is 0 Å². The maximum absolute atomic E-state index is 9.34. The monoisotopic (exact) mass is 230 g/mol. The van der Waals surface area contributed by atoms with Gasteiger partial charge in [-0.2, -0.15) is 5.26 Å². The minimum Gasteiger partial charge on any atom is -0.302 e. The van der Waals surface area contributed by atoms with Gasteiger partial charge >= 0.3 is 0 Å². The number of likely N-dealkylation sites (N-methyl/N-ethyl adjacent to an activating group) is 1. The van der Waals surface area contributed by atoms with Crippen LogP contribution in [0.15, 0.2) is 18.2 Å². The smallest absolute Gasteiger partial charge is 0.0842 e. The second kappa shape index (κ2) is 6.42. The van der Waals surface area contributed by atoms with Crippen molar-refractivity contribution in [1.82, 2.24) is 4.90 Å². The van der Waals surface area contributed by atoms with Gasteiger partial charge in [-0.15, -0.1) is 0 Å². The molecule has 0 aliphatic rings. The third-order valence-electron chi connectivity index (χ3n) is 3.29. The number of nitriles is 1. The summed E-state index contributed by atoms with van der Waals surface area (Å²) < 4.78 is 0. The van der Waals surface area contributed by atoms with Gasteiger partial charge in [0.25, 0.3) is 0 Å². The van der Waals surface area contributed by atoms with E-state index < -0.39 is 0 Å². The highest BCUT2D eigenvalue weighted by Gasteiger charge is 2.15. The quantitative estimate of drug-likeness (QED) is 0.776. The number of aryl methyl sites for hydroxylation is 2. The van der Waals surface area contributed by atoms with Gasteiger partial charge in [-0.3, -0.25) is 0 Å². The summed E-state index contributed by atoms with van der Waals surface area (Å²) in [6.45, 7) is 11.3. The Morgan fingerprint density at radius 3 is 2.35 bits per heavy atom. The molecule has 0 bridgehead atoms. The summed E-state index contributed by atoms with van der Waals surface area (Å²) in [7, 11) is 0. The first-order chi connectivity index (χ1) is 8.12. The summed E-state index contributed by atoms with van der Waals surface area (Å²) in [5.41, 5.74) is 3.65. The first kappa shape index (κ1) is 13.7. The van der Waals surface area contributed by atoms with E-state index in [4.69, 9.17) is 0 Å². The van der Waals surface area contributed by atoms with Crippen molar-refractivity contribution in [3.8, 4) is 6.07 Å². The van der Waals surface area contributed by atoms with Crippen LogP contribution in [0.3, 0.4) is 0 Å². The summed E-state index contributed by atoms with van der Waals surface area (Å²) in [5.74, 6) is -0.0181. The van der Waals surface area contributed by atoms with Crippen molar-refractivity contribution in [3.05, 3.63) is 34.9 Å². The van der Waals surface area contributed by atoms with Gasteiger partial charge in [-0.05, 0) is 38.1 Å². The highest BCUT2D eigenvalue weighted by Crippen LogP contribution is 2.21. The fourth-order valence-corrected chi connectivity index (χ4v) is 2.17. The largest absolute Gasteiger partial charge is 0.302 e. The maximum Gasteiger partial charge on any atom is 0.0842 e. The fourth-order valence-electron chi connectivity index (χ4n) is 2.17. The molecule has 1 rings (SSSR count). The molecule has 92 valence electrons. The number of nitrogens with zero attached hydrogens (tertiary/aromatic N) is 2. The minimum absolute atomic E-state index is 0.0181. The van der Waals surface area contributed by atoms with Gasteiger partial charge in [0, 0.05) is 6.54 Å². The second-order valence-electron chi connectivity index (χ2n) is 4.53. The van der Waals surface area contributed by atoms with E-state index in [0.29, 0.717) is 0 Å². The lowest BCUT2D eigenvalue weighted by Crippen LogP contribution is -2.28. The first-order valence-electron chi connectivity index (χ1n) is 6.31. The Kier molecular flexibility index (Phi) is 5.18. The Balaban J connectivity index is 2.91. The topological polar surface area (TPSA) is 27.0 Å². The lowest BCUT2D eigenvalue weighted by Gasteiger charge is -2.22. The van der Waals surface area contributed by atoms with Crippen molar-refractivity contribution < 1.29 is 0 Å². The summed E-state index contributed by atoms with van der Waals surface area (Å²) in [6.07, 6.45) is 0. The average Bonchev–Trinajstić information content (AvgIpc) is 2.32. The van der Waals surface area contributed by atoms with E-state index in [-0.39, 0.29) is 5.92 Å². The van der Waals surface area contributed by atoms with E-state index in [1.165, 1.54) is 16.7 Å². The maximum atomic E-state index is 9.34. The number of hydrogen-bond donors (Lipinski definition) is 0. The Hall–Kier alpha value is -1.33. The standard InChI is InChI=1S/C15H22N2/c1-5-17(6-2)11-14(10-16)15-8-7-12(3)9-13(15)4/h7-9,14H,5-6,11H2,1-4H3. The molecule has 0 saturated heterocycles. The zero-order valence-electron chi connectivity index (χ0n) is 11.3. The number of hydrogen-bond acceptors (Lipinski definition) is 2. The molecule has 1 aromatic rings. The molecular weight excluding hydrogens is 208 g/mol. The van der Waals surface area contributed by atoms with Crippen molar-refractivity contribution in [2.24, 2.45) is 0 Å². The van der Waals surface area contributed by atoms with E-state index in [9.17, 15) is 5.26 Å². The Labute approximate surface area is 105 Å². The fraction of sp³-hybridized carbons (Fsp3) is 0.533. The molecule has 0 radical (unpaired) electrons. The predicted molar refractivity (Wildman–Crippen MR) is 72.1 cm³/mol. The summed E-state index contributed by atoms with van der Waals surface area (Å²) in [5, 5.41) is 9.34. The highest BCUT2D eigenvalue weighted by atomic mass is 15.1. The van der Waals surface area contributed by atoms with Gasteiger partial charge in [0.2, 0.25) is 0 Å². The van der Waals surface area contributed by atoms with Gasteiger partial charge in [0.1, 0.15) is 0 Å². The SMILES string of the molecule is CCN(CC)CC(C#N)c1ccc(C)cc1C. The molecule has 2 heteroatoms.